The Kier molecular flexibility index (Phi) is 5.13. The summed E-state index contributed by atoms with van der Waals surface area (Å²) in [6.45, 7) is 9.73. The molecule has 0 spiro atoms. The number of amides is 1. The van der Waals surface area contributed by atoms with Crippen molar-refractivity contribution < 1.29 is 4.79 Å². The number of aromatic nitrogens is 1. The third kappa shape index (κ3) is 3.84. The normalized spacial score (nSPS) is 10.6. The van der Waals surface area contributed by atoms with E-state index < -0.39 is 0 Å². The van der Waals surface area contributed by atoms with Gasteiger partial charge in [-0.2, -0.15) is 0 Å². The van der Waals surface area contributed by atoms with Gasteiger partial charge in [0.25, 0.3) is 5.91 Å². The van der Waals surface area contributed by atoms with E-state index in [4.69, 9.17) is 0 Å². The van der Waals surface area contributed by atoms with Crippen LogP contribution in [0.3, 0.4) is 0 Å². The molecule has 1 heterocycles. The third-order valence-electron chi connectivity index (χ3n) is 2.69. The summed E-state index contributed by atoms with van der Waals surface area (Å²) < 4.78 is 0. The van der Waals surface area contributed by atoms with Crippen LogP contribution in [0.1, 0.15) is 43.9 Å². The van der Waals surface area contributed by atoms with Gasteiger partial charge < -0.3 is 4.90 Å². The standard InChI is InChI=1S/C14H22N2O/c1-5-16(6-2)14(17)13-9-7-8-12(15-13)10-11(3)4/h7-9,11H,5-6,10H2,1-4H3. The Balaban J connectivity index is 2.87. The zero-order valence-electron chi connectivity index (χ0n) is 11.2. The number of hydrogen-bond donors (Lipinski definition) is 0. The summed E-state index contributed by atoms with van der Waals surface area (Å²) in [4.78, 5) is 18.3. The largest absolute Gasteiger partial charge is 0.338 e. The Morgan fingerprint density at radius 3 is 2.47 bits per heavy atom. The van der Waals surface area contributed by atoms with Gasteiger partial charge in [-0.25, -0.2) is 4.98 Å². The topological polar surface area (TPSA) is 33.2 Å². The lowest BCUT2D eigenvalue weighted by molar-refractivity contribution is 0.0767. The van der Waals surface area contributed by atoms with Crippen molar-refractivity contribution in [2.75, 3.05) is 13.1 Å². The van der Waals surface area contributed by atoms with Crippen LogP contribution < -0.4 is 0 Å². The predicted octanol–water partition coefficient (Wildman–Crippen LogP) is 2.76. The summed E-state index contributed by atoms with van der Waals surface area (Å²) in [5, 5.41) is 0. The van der Waals surface area contributed by atoms with Crippen LogP contribution in [-0.4, -0.2) is 28.9 Å². The van der Waals surface area contributed by atoms with Gasteiger partial charge in [-0.15, -0.1) is 0 Å². The molecule has 17 heavy (non-hydrogen) atoms. The molecule has 0 aliphatic heterocycles. The minimum absolute atomic E-state index is 0.0283. The van der Waals surface area contributed by atoms with Gasteiger partial charge in [0, 0.05) is 18.8 Å². The first-order valence-corrected chi connectivity index (χ1v) is 6.33. The van der Waals surface area contributed by atoms with Crippen molar-refractivity contribution in [3.63, 3.8) is 0 Å². The summed E-state index contributed by atoms with van der Waals surface area (Å²) in [6, 6.07) is 5.70. The zero-order chi connectivity index (χ0) is 12.8. The maximum atomic E-state index is 12.1. The Morgan fingerprint density at radius 2 is 1.94 bits per heavy atom. The SMILES string of the molecule is CCN(CC)C(=O)c1cccc(CC(C)C)n1. The van der Waals surface area contributed by atoms with Gasteiger partial charge in [-0.1, -0.05) is 19.9 Å². The molecule has 0 bridgehead atoms. The average Bonchev–Trinajstić information content (AvgIpc) is 2.30. The molecule has 1 aromatic rings. The van der Waals surface area contributed by atoms with E-state index >= 15 is 0 Å². The molecule has 0 aliphatic carbocycles. The Hall–Kier alpha value is -1.38. The maximum Gasteiger partial charge on any atom is 0.272 e. The number of carbonyl (C=O) groups excluding carboxylic acids is 1. The van der Waals surface area contributed by atoms with Crippen molar-refractivity contribution >= 4 is 5.91 Å². The number of pyridine rings is 1. The van der Waals surface area contributed by atoms with Crippen LogP contribution in [0.4, 0.5) is 0 Å². The summed E-state index contributed by atoms with van der Waals surface area (Å²) in [5.41, 5.74) is 1.56. The number of hydrogen-bond acceptors (Lipinski definition) is 2. The molecule has 1 amide bonds. The van der Waals surface area contributed by atoms with E-state index in [0.29, 0.717) is 11.6 Å². The lowest BCUT2D eigenvalue weighted by atomic mass is 10.1. The first-order chi connectivity index (χ1) is 8.08. The van der Waals surface area contributed by atoms with E-state index in [0.717, 1.165) is 25.2 Å². The van der Waals surface area contributed by atoms with Crippen molar-refractivity contribution in [3.05, 3.63) is 29.6 Å². The van der Waals surface area contributed by atoms with Crippen LogP contribution in [0, 0.1) is 5.92 Å². The molecule has 0 atom stereocenters. The molecule has 0 N–H and O–H groups in total. The lowest BCUT2D eigenvalue weighted by Crippen LogP contribution is -2.31. The van der Waals surface area contributed by atoms with Crippen LogP contribution in [0.2, 0.25) is 0 Å². The van der Waals surface area contributed by atoms with Crippen molar-refractivity contribution in [2.45, 2.75) is 34.1 Å². The Labute approximate surface area is 104 Å². The summed E-state index contributed by atoms with van der Waals surface area (Å²) in [6.07, 6.45) is 0.916. The molecular formula is C14H22N2O. The number of nitrogens with zero attached hydrogens (tertiary/aromatic N) is 2. The van der Waals surface area contributed by atoms with E-state index in [2.05, 4.69) is 18.8 Å². The van der Waals surface area contributed by atoms with E-state index in [1.54, 1.807) is 11.0 Å². The molecule has 0 saturated carbocycles. The van der Waals surface area contributed by atoms with Crippen molar-refractivity contribution in [2.24, 2.45) is 5.92 Å². The Bertz CT molecular complexity index is 370. The first-order valence-electron chi connectivity index (χ1n) is 6.33. The van der Waals surface area contributed by atoms with Gasteiger partial charge in [-0.3, -0.25) is 4.79 Å². The summed E-state index contributed by atoms with van der Waals surface area (Å²) in [7, 11) is 0. The third-order valence-corrected chi connectivity index (χ3v) is 2.69. The van der Waals surface area contributed by atoms with Crippen molar-refractivity contribution in [1.29, 1.82) is 0 Å². The molecule has 0 unspecified atom stereocenters. The fourth-order valence-electron chi connectivity index (χ4n) is 1.80. The second-order valence-corrected chi connectivity index (χ2v) is 4.59. The van der Waals surface area contributed by atoms with Gasteiger partial charge in [-0.05, 0) is 38.3 Å². The monoisotopic (exact) mass is 234 g/mol. The van der Waals surface area contributed by atoms with Gasteiger partial charge >= 0.3 is 0 Å². The fourth-order valence-corrected chi connectivity index (χ4v) is 1.80. The second kappa shape index (κ2) is 6.38. The molecular weight excluding hydrogens is 212 g/mol. The quantitative estimate of drug-likeness (QED) is 0.785. The van der Waals surface area contributed by atoms with Crippen LogP contribution in [0.25, 0.3) is 0 Å². The summed E-state index contributed by atoms with van der Waals surface area (Å²) in [5.74, 6) is 0.585. The van der Waals surface area contributed by atoms with Gasteiger partial charge in [0.05, 0.1) is 0 Å². The number of carbonyl (C=O) groups is 1. The highest BCUT2D eigenvalue weighted by Crippen LogP contribution is 2.08. The van der Waals surface area contributed by atoms with E-state index in [1.807, 2.05) is 26.0 Å². The molecule has 0 aliphatic rings. The molecule has 94 valence electrons. The molecule has 1 aromatic heterocycles. The maximum absolute atomic E-state index is 12.1. The highest BCUT2D eigenvalue weighted by molar-refractivity contribution is 5.92. The number of rotatable bonds is 5. The molecule has 0 radical (unpaired) electrons. The minimum atomic E-state index is 0.0283. The molecule has 0 aromatic carbocycles. The van der Waals surface area contributed by atoms with Crippen LogP contribution in [0.15, 0.2) is 18.2 Å². The van der Waals surface area contributed by atoms with Crippen molar-refractivity contribution in [1.82, 2.24) is 9.88 Å². The zero-order valence-corrected chi connectivity index (χ0v) is 11.2. The molecule has 1 rings (SSSR count). The van der Waals surface area contributed by atoms with E-state index in [9.17, 15) is 4.79 Å². The average molecular weight is 234 g/mol. The molecule has 3 heteroatoms. The van der Waals surface area contributed by atoms with Crippen molar-refractivity contribution in [3.8, 4) is 0 Å². The minimum Gasteiger partial charge on any atom is -0.338 e. The predicted molar refractivity (Wildman–Crippen MR) is 70.0 cm³/mol. The fraction of sp³-hybridized carbons (Fsp3) is 0.571. The van der Waals surface area contributed by atoms with E-state index in [1.165, 1.54) is 0 Å². The smallest absolute Gasteiger partial charge is 0.272 e. The van der Waals surface area contributed by atoms with E-state index in [-0.39, 0.29) is 5.91 Å². The Morgan fingerprint density at radius 1 is 1.29 bits per heavy atom. The van der Waals surface area contributed by atoms with Gasteiger partial charge in [0.1, 0.15) is 5.69 Å². The van der Waals surface area contributed by atoms with Crippen LogP contribution >= 0.6 is 0 Å². The lowest BCUT2D eigenvalue weighted by Gasteiger charge is -2.18. The summed E-state index contributed by atoms with van der Waals surface area (Å²) >= 11 is 0. The van der Waals surface area contributed by atoms with Crippen LogP contribution in [0.5, 0.6) is 0 Å². The molecule has 0 fully saturated rings. The molecule has 0 saturated heterocycles. The van der Waals surface area contributed by atoms with Gasteiger partial charge in [0.2, 0.25) is 0 Å². The van der Waals surface area contributed by atoms with Gasteiger partial charge in [0.15, 0.2) is 0 Å². The first kappa shape index (κ1) is 13.7. The second-order valence-electron chi connectivity index (χ2n) is 4.59. The van der Waals surface area contributed by atoms with Crippen LogP contribution in [-0.2, 0) is 6.42 Å². The molecule has 3 nitrogen and oxygen atoms in total. The highest BCUT2D eigenvalue weighted by Gasteiger charge is 2.14. The highest BCUT2D eigenvalue weighted by atomic mass is 16.2.